The van der Waals surface area contributed by atoms with E-state index in [1.54, 1.807) is 0 Å². The van der Waals surface area contributed by atoms with Gasteiger partial charge in [0.1, 0.15) is 0 Å². The fraction of sp³-hybridized carbons (Fsp3) is 0.643. The lowest BCUT2D eigenvalue weighted by atomic mass is 10.2. The number of hydrogen-bond donors (Lipinski definition) is 1. The normalized spacial score (nSPS) is 13.0. The first kappa shape index (κ1) is 14.5. The van der Waals surface area contributed by atoms with Crippen molar-refractivity contribution in [3.8, 4) is 0 Å². The summed E-state index contributed by atoms with van der Waals surface area (Å²) in [5.74, 6) is 0.697. The monoisotopic (exact) mass is 252 g/mol. The molecule has 0 spiro atoms. The maximum absolute atomic E-state index is 4.49. The second-order valence-corrected chi connectivity index (χ2v) is 6.32. The number of nitrogens with zero attached hydrogens (tertiary/aromatic N) is 1. The quantitative estimate of drug-likeness (QED) is 0.749. The minimum absolute atomic E-state index is 0.646. The van der Waals surface area contributed by atoms with E-state index in [-0.39, 0.29) is 0 Å². The first-order valence-electron chi connectivity index (χ1n) is 6.44. The van der Waals surface area contributed by atoms with Crippen molar-refractivity contribution in [2.75, 3.05) is 6.54 Å². The van der Waals surface area contributed by atoms with Gasteiger partial charge in [0.05, 0.1) is 5.03 Å². The van der Waals surface area contributed by atoms with Crippen molar-refractivity contribution in [1.29, 1.82) is 0 Å². The molecule has 1 atom stereocenters. The molecule has 0 aliphatic rings. The zero-order valence-electron chi connectivity index (χ0n) is 11.4. The Kier molecular flexibility index (Phi) is 6.60. The zero-order valence-corrected chi connectivity index (χ0v) is 12.2. The summed E-state index contributed by atoms with van der Waals surface area (Å²) >= 11 is 1.85. The van der Waals surface area contributed by atoms with Gasteiger partial charge in [-0.15, -0.1) is 11.8 Å². The molecule has 1 heterocycles. The molecule has 96 valence electrons. The number of thioether (sulfide) groups is 1. The van der Waals surface area contributed by atoms with Gasteiger partial charge in [-0.3, -0.25) is 0 Å². The Hall–Kier alpha value is -0.540. The lowest BCUT2D eigenvalue weighted by molar-refractivity contribution is 0.551. The molecule has 1 aromatic heterocycles. The van der Waals surface area contributed by atoms with Gasteiger partial charge in [0, 0.05) is 18.0 Å². The number of hydrogen-bond acceptors (Lipinski definition) is 3. The van der Waals surface area contributed by atoms with Crippen LogP contribution in [0.15, 0.2) is 23.4 Å². The SMILES string of the molecule is CCC(C)Sc1ccc(CNCC(C)C)cn1. The minimum Gasteiger partial charge on any atom is -0.312 e. The van der Waals surface area contributed by atoms with Crippen LogP contribution in [-0.2, 0) is 6.54 Å². The largest absolute Gasteiger partial charge is 0.312 e. The predicted molar refractivity (Wildman–Crippen MR) is 76.4 cm³/mol. The Morgan fingerprint density at radius 1 is 1.29 bits per heavy atom. The van der Waals surface area contributed by atoms with E-state index in [0.29, 0.717) is 11.2 Å². The zero-order chi connectivity index (χ0) is 12.7. The number of aromatic nitrogens is 1. The summed E-state index contributed by atoms with van der Waals surface area (Å²) in [6, 6.07) is 4.30. The van der Waals surface area contributed by atoms with Gasteiger partial charge >= 0.3 is 0 Å². The maximum atomic E-state index is 4.49. The highest BCUT2D eigenvalue weighted by atomic mass is 32.2. The van der Waals surface area contributed by atoms with Crippen LogP contribution in [0.5, 0.6) is 0 Å². The van der Waals surface area contributed by atoms with Gasteiger partial charge in [-0.25, -0.2) is 4.98 Å². The van der Waals surface area contributed by atoms with E-state index in [4.69, 9.17) is 0 Å². The van der Waals surface area contributed by atoms with Crippen molar-refractivity contribution >= 4 is 11.8 Å². The second kappa shape index (κ2) is 7.72. The lowest BCUT2D eigenvalue weighted by Gasteiger charge is -2.09. The predicted octanol–water partition coefficient (Wildman–Crippen LogP) is 3.72. The van der Waals surface area contributed by atoms with Crippen LogP contribution >= 0.6 is 11.8 Å². The van der Waals surface area contributed by atoms with E-state index in [9.17, 15) is 0 Å². The number of nitrogens with one attached hydrogen (secondary N) is 1. The molecule has 0 radical (unpaired) electrons. The third kappa shape index (κ3) is 6.08. The molecule has 0 saturated heterocycles. The van der Waals surface area contributed by atoms with Crippen LogP contribution in [0.4, 0.5) is 0 Å². The van der Waals surface area contributed by atoms with Gasteiger partial charge in [-0.1, -0.05) is 33.8 Å². The molecule has 1 N–H and O–H groups in total. The summed E-state index contributed by atoms with van der Waals surface area (Å²) in [5, 5.41) is 5.20. The molecule has 1 unspecified atom stereocenters. The van der Waals surface area contributed by atoms with E-state index in [2.05, 4.69) is 50.1 Å². The van der Waals surface area contributed by atoms with Gasteiger partial charge in [0.2, 0.25) is 0 Å². The molecule has 0 aromatic carbocycles. The summed E-state index contributed by atoms with van der Waals surface area (Å²) in [6.07, 6.45) is 3.17. The Bertz CT molecular complexity index is 309. The van der Waals surface area contributed by atoms with E-state index in [0.717, 1.165) is 18.1 Å². The summed E-state index contributed by atoms with van der Waals surface area (Å²) in [7, 11) is 0. The second-order valence-electron chi connectivity index (χ2n) is 4.87. The third-order valence-electron chi connectivity index (χ3n) is 2.58. The average Bonchev–Trinajstić information content (AvgIpc) is 2.31. The molecule has 0 saturated carbocycles. The standard InChI is InChI=1S/C14H24N2S/c1-5-12(4)17-14-7-6-13(10-16-14)9-15-8-11(2)3/h6-7,10-12,15H,5,8-9H2,1-4H3. The van der Waals surface area contributed by atoms with Gasteiger partial charge < -0.3 is 5.32 Å². The Morgan fingerprint density at radius 3 is 2.59 bits per heavy atom. The highest BCUT2D eigenvalue weighted by Gasteiger charge is 2.03. The number of rotatable bonds is 7. The van der Waals surface area contributed by atoms with Crippen molar-refractivity contribution in [2.24, 2.45) is 5.92 Å². The molecule has 0 fully saturated rings. The molecule has 2 nitrogen and oxygen atoms in total. The van der Waals surface area contributed by atoms with Gasteiger partial charge in [-0.05, 0) is 30.5 Å². The van der Waals surface area contributed by atoms with Crippen LogP contribution in [0.25, 0.3) is 0 Å². The molecular formula is C14H24N2S. The molecule has 0 bridgehead atoms. The molecule has 1 aromatic rings. The first-order valence-corrected chi connectivity index (χ1v) is 7.32. The van der Waals surface area contributed by atoms with Crippen LogP contribution in [0.2, 0.25) is 0 Å². The van der Waals surface area contributed by atoms with Crippen LogP contribution < -0.4 is 5.32 Å². The van der Waals surface area contributed by atoms with Gasteiger partial charge in [0.15, 0.2) is 0 Å². The topological polar surface area (TPSA) is 24.9 Å². The molecular weight excluding hydrogens is 228 g/mol. The molecule has 0 aliphatic carbocycles. The Balaban J connectivity index is 2.39. The Morgan fingerprint density at radius 2 is 2.06 bits per heavy atom. The van der Waals surface area contributed by atoms with Crippen LogP contribution in [0, 0.1) is 5.92 Å². The van der Waals surface area contributed by atoms with Crippen molar-refractivity contribution in [3.05, 3.63) is 23.9 Å². The smallest absolute Gasteiger partial charge is 0.0962 e. The fourth-order valence-corrected chi connectivity index (χ4v) is 2.22. The van der Waals surface area contributed by atoms with Crippen molar-refractivity contribution in [3.63, 3.8) is 0 Å². The van der Waals surface area contributed by atoms with Crippen molar-refractivity contribution in [2.45, 2.75) is 50.9 Å². The molecule has 0 aliphatic heterocycles. The summed E-state index contributed by atoms with van der Waals surface area (Å²) < 4.78 is 0. The fourth-order valence-electron chi connectivity index (χ4n) is 1.38. The molecule has 3 heteroatoms. The van der Waals surface area contributed by atoms with E-state index in [1.165, 1.54) is 12.0 Å². The lowest BCUT2D eigenvalue weighted by Crippen LogP contribution is -2.18. The summed E-state index contributed by atoms with van der Waals surface area (Å²) in [6.45, 7) is 10.9. The van der Waals surface area contributed by atoms with Crippen molar-refractivity contribution in [1.82, 2.24) is 10.3 Å². The molecule has 17 heavy (non-hydrogen) atoms. The van der Waals surface area contributed by atoms with Gasteiger partial charge in [0.25, 0.3) is 0 Å². The van der Waals surface area contributed by atoms with Crippen LogP contribution in [0.1, 0.15) is 39.7 Å². The van der Waals surface area contributed by atoms with E-state index in [1.807, 2.05) is 18.0 Å². The van der Waals surface area contributed by atoms with Crippen LogP contribution in [-0.4, -0.2) is 16.8 Å². The maximum Gasteiger partial charge on any atom is 0.0962 e. The van der Waals surface area contributed by atoms with Crippen LogP contribution in [0.3, 0.4) is 0 Å². The van der Waals surface area contributed by atoms with Crippen molar-refractivity contribution < 1.29 is 0 Å². The Labute approximate surface area is 110 Å². The molecule has 1 rings (SSSR count). The minimum atomic E-state index is 0.646. The van der Waals surface area contributed by atoms with Gasteiger partial charge in [-0.2, -0.15) is 0 Å². The number of pyridine rings is 1. The highest BCUT2D eigenvalue weighted by molar-refractivity contribution is 7.99. The third-order valence-corrected chi connectivity index (χ3v) is 3.79. The van der Waals surface area contributed by atoms with E-state index < -0.39 is 0 Å². The first-order chi connectivity index (χ1) is 8.11. The highest BCUT2D eigenvalue weighted by Crippen LogP contribution is 2.22. The summed E-state index contributed by atoms with van der Waals surface area (Å²) in [5.41, 5.74) is 1.26. The molecule has 0 amide bonds. The average molecular weight is 252 g/mol. The van der Waals surface area contributed by atoms with E-state index >= 15 is 0 Å². The summed E-state index contributed by atoms with van der Waals surface area (Å²) in [4.78, 5) is 4.49.